The Balaban J connectivity index is 1.31. The molecule has 1 unspecified atom stereocenters. The Morgan fingerprint density at radius 1 is 0.774 bits per heavy atom. The summed E-state index contributed by atoms with van der Waals surface area (Å²) >= 11 is 0. The molecule has 0 amide bonds. The number of aryl methyl sites for hydroxylation is 1. The lowest BCUT2D eigenvalue weighted by Gasteiger charge is -2.27. The van der Waals surface area contributed by atoms with Crippen LogP contribution in [0.4, 0.5) is 0 Å². The molecule has 2 aliphatic rings. The minimum Gasteiger partial charge on any atom is -0.486 e. The fraction of sp³-hybridized carbons (Fsp3) is 0.286. The number of aromatic nitrogens is 1. The third-order valence-electron chi connectivity index (χ3n) is 6.91. The monoisotopic (exact) mass is 408 g/mol. The SMILES string of the molecule is c1ccc(CN2CCc3c(n4c5c(cccc35)C(Oc3ccccc3)CC4)CC2)cc1. The van der Waals surface area contributed by atoms with E-state index in [9.17, 15) is 0 Å². The van der Waals surface area contributed by atoms with Crippen molar-refractivity contribution in [1.29, 1.82) is 0 Å². The number of rotatable bonds is 4. The summed E-state index contributed by atoms with van der Waals surface area (Å²) in [6.07, 6.45) is 3.40. The van der Waals surface area contributed by atoms with Crippen LogP contribution in [-0.2, 0) is 25.9 Å². The van der Waals surface area contributed by atoms with Crippen molar-refractivity contribution >= 4 is 10.9 Å². The lowest BCUT2D eigenvalue weighted by molar-refractivity contribution is 0.183. The first kappa shape index (κ1) is 18.7. The van der Waals surface area contributed by atoms with Gasteiger partial charge in [-0.05, 0) is 29.7 Å². The van der Waals surface area contributed by atoms with Gasteiger partial charge in [-0.3, -0.25) is 4.90 Å². The molecule has 0 saturated heterocycles. The third kappa shape index (κ3) is 3.43. The van der Waals surface area contributed by atoms with Crippen LogP contribution in [0.1, 0.15) is 34.9 Å². The van der Waals surface area contributed by atoms with Gasteiger partial charge in [0, 0.05) is 55.7 Å². The molecule has 3 nitrogen and oxygen atoms in total. The molecule has 156 valence electrons. The van der Waals surface area contributed by atoms with Crippen molar-refractivity contribution in [3.05, 3.63) is 101 Å². The van der Waals surface area contributed by atoms with Crippen molar-refractivity contribution < 1.29 is 4.74 Å². The van der Waals surface area contributed by atoms with Crippen LogP contribution in [0.5, 0.6) is 5.75 Å². The minimum absolute atomic E-state index is 0.131. The maximum atomic E-state index is 6.42. The van der Waals surface area contributed by atoms with Gasteiger partial charge in [-0.2, -0.15) is 0 Å². The molecule has 0 spiro atoms. The van der Waals surface area contributed by atoms with Crippen molar-refractivity contribution in [1.82, 2.24) is 9.47 Å². The number of hydrogen-bond donors (Lipinski definition) is 0. The number of ether oxygens (including phenoxy) is 1. The van der Waals surface area contributed by atoms with E-state index in [1.165, 1.54) is 22.0 Å². The number of hydrogen-bond acceptors (Lipinski definition) is 2. The van der Waals surface area contributed by atoms with Gasteiger partial charge in [0.15, 0.2) is 0 Å². The van der Waals surface area contributed by atoms with E-state index in [4.69, 9.17) is 4.74 Å². The first-order valence-electron chi connectivity index (χ1n) is 11.5. The van der Waals surface area contributed by atoms with Crippen LogP contribution < -0.4 is 4.74 Å². The van der Waals surface area contributed by atoms with Crippen molar-refractivity contribution in [2.24, 2.45) is 0 Å². The minimum atomic E-state index is 0.131. The Hall–Kier alpha value is -3.04. The van der Waals surface area contributed by atoms with E-state index < -0.39 is 0 Å². The topological polar surface area (TPSA) is 17.4 Å². The highest BCUT2D eigenvalue weighted by molar-refractivity contribution is 5.89. The summed E-state index contributed by atoms with van der Waals surface area (Å²) in [4.78, 5) is 2.61. The third-order valence-corrected chi connectivity index (χ3v) is 6.91. The summed E-state index contributed by atoms with van der Waals surface area (Å²) in [5, 5.41) is 1.44. The van der Waals surface area contributed by atoms with Gasteiger partial charge in [0.05, 0.1) is 5.52 Å². The van der Waals surface area contributed by atoms with Gasteiger partial charge in [-0.15, -0.1) is 0 Å². The van der Waals surface area contributed by atoms with Crippen LogP contribution in [0.3, 0.4) is 0 Å². The largest absolute Gasteiger partial charge is 0.486 e. The predicted molar refractivity (Wildman–Crippen MR) is 125 cm³/mol. The zero-order valence-electron chi connectivity index (χ0n) is 17.8. The Kier molecular flexibility index (Phi) is 4.77. The van der Waals surface area contributed by atoms with Crippen LogP contribution in [0.15, 0.2) is 78.9 Å². The highest BCUT2D eigenvalue weighted by Crippen LogP contribution is 2.40. The van der Waals surface area contributed by atoms with Gasteiger partial charge < -0.3 is 9.30 Å². The second kappa shape index (κ2) is 7.90. The molecule has 0 bridgehead atoms. The molecule has 6 rings (SSSR count). The van der Waals surface area contributed by atoms with E-state index in [0.717, 1.165) is 51.2 Å². The molecular weight excluding hydrogens is 380 g/mol. The standard InChI is InChI=1S/C28H28N2O/c1-3-8-21(9-4-1)20-29-17-14-23-24-12-7-13-25-27(31-22-10-5-2-6-11-22)16-19-30(28(24)25)26(23)15-18-29/h1-13,27H,14-20H2. The normalized spacial score (nSPS) is 18.5. The van der Waals surface area contributed by atoms with Crippen molar-refractivity contribution in [3.63, 3.8) is 0 Å². The second-order valence-corrected chi connectivity index (χ2v) is 8.79. The molecule has 3 aromatic carbocycles. The van der Waals surface area contributed by atoms with E-state index in [1.807, 2.05) is 18.2 Å². The summed E-state index contributed by atoms with van der Waals surface area (Å²) in [6.45, 7) is 4.33. The number of para-hydroxylation sites is 2. The zero-order chi connectivity index (χ0) is 20.6. The molecule has 3 heteroatoms. The zero-order valence-corrected chi connectivity index (χ0v) is 17.8. The first-order valence-corrected chi connectivity index (χ1v) is 11.5. The Morgan fingerprint density at radius 3 is 2.39 bits per heavy atom. The summed E-state index contributed by atoms with van der Waals surface area (Å²) in [5.41, 5.74) is 7.29. The highest BCUT2D eigenvalue weighted by Gasteiger charge is 2.29. The van der Waals surface area contributed by atoms with Crippen LogP contribution in [0.2, 0.25) is 0 Å². The molecule has 1 atom stereocenters. The summed E-state index contributed by atoms with van der Waals surface area (Å²) in [7, 11) is 0. The molecule has 31 heavy (non-hydrogen) atoms. The maximum Gasteiger partial charge on any atom is 0.127 e. The van der Waals surface area contributed by atoms with Crippen molar-refractivity contribution in [2.45, 2.75) is 38.5 Å². The van der Waals surface area contributed by atoms with Crippen molar-refractivity contribution in [2.75, 3.05) is 13.1 Å². The lowest BCUT2D eigenvalue weighted by atomic mass is 9.99. The fourth-order valence-electron chi connectivity index (χ4n) is 5.46. The maximum absolute atomic E-state index is 6.42. The van der Waals surface area contributed by atoms with Gasteiger partial charge in [0.2, 0.25) is 0 Å². The fourth-order valence-corrected chi connectivity index (χ4v) is 5.46. The smallest absolute Gasteiger partial charge is 0.127 e. The number of benzene rings is 3. The average molecular weight is 409 g/mol. The summed E-state index contributed by atoms with van der Waals surface area (Å²) < 4.78 is 9.03. The van der Waals surface area contributed by atoms with E-state index in [0.29, 0.717) is 0 Å². The Morgan fingerprint density at radius 2 is 1.55 bits per heavy atom. The van der Waals surface area contributed by atoms with E-state index in [1.54, 1.807) is 11.3 Å². The molecule has 0 fully saturated rings. The molecule has 0 radical (unpaired) electrons. The highest BCUT2D eigenvalue weighted by atomic mass is 16.5. The number of nitrogens with zero attached hydrogens (tertiary/aromatic N) is 2. The lowest BCUT2D eigenvalue weighted by Crippen LogP contribution is -2.26. The van der Waals surface area contributed by atoms with E-state index in [-0.39, 0.29) is 6.10 Å². The predicted octanol–water partition coefficient (Wildman–Crippen LogP) is 5.77. The first-order chi connectivity index (χ1) is 15.4. The van der Waals surface area contributed by atoms with Crippen LogP contribution >= 0.6 is 0 Å². The summed E-state index contributed by atoms with van der Waals surface area (Å²) in [6, 6.07) is 27.9. The number of fused-ring (bicyclic) bond motifs is 3. The van der Waals surface area contributed by atoms with Gasteiger partial charge in [-0.1, -0.05) is 66.7 Å². The molecule has 3 heterocycles. The Bertz CT molecular complexity index is 1200. The molecule has 2 aliphatic heterocycles. The molecule has 0 aliphatic carbocycles. The van der Waals surface area contributed by atoms with Crippen LogP contribution in [-0.4, -0.2) is 22.6 Å². The van der Waals surface area contributed by atoms with Gasteiger partial charge in [-0.25, -0.2) is 0 Å². The quantitative estimate of drug-likeness (QED) is 0.427. The molecule has 0 N–H and O–H groups in total. The molecule has 4 aromatic rings. The molecule has 0 saturated carbocycles. The van der Waals surface area contributed by atoms with Gasteiger partial charge >= 0.3 is 0 Å². The van der Waals surface area contributed by atoms with Gasteiger partial charge in [0.1, 0.15) is 11.9 Å². The van der Waals surface area contributed by atoms with Gasteiger partial charge in [0.25, 0.3) is 0 Å². The molecule has 1 aromatic heterocycles. The Labute approximate surface area is 183 Å². The molecular formula is C28H28N2O. The van der Waals surface area contributed by atoms with E-state index in [2.05, 4.69) is 70.1 Å². The summed E-state index contributed by atoms with van der Waals surface area (Å²) in [5.74, 6) is 0.961. The van der Waals surface area contributed by atoms with Crippen LogP contribution in [0.25, 0.3) is 10.9 Å². The van der Waals surface area contributed by atoms with E-state index >= 15 is 0 Å². The van der Waals surface area contributed by atoms with Crippen molar-refractivity contribution in [3.8, 4) is 5.75 Å². The van der Waals surface area contributed by atoms with Crippen LogP contribution in [0, 0.1) is 0 Å². The second-order valence-electron chi connectivity index (χ2n) is 8.79. The average Bonchev–Trinajstić information content (AvgIpc) is 2.97.